The van der Waals surface area contributed by atoms with Gasteiger partial charge in [0.05, 0.1) is 17.6 Å². The Morgan fingerprint density at radius 1 is 1.07 bits per heavy atom. The van der Waals surface area contributed by atoms with Crippen molar-refractivity contribution in [3.63, 3.8) is 0 Å². The van der Waals surface area contributed by atoms with Crippen molar-refractivity contribution in [2.75, 3.05) is 6.67 Å². The van der Waals surface area contributed by atoms with Crippen LogP contribution in [-0.4, -0.2) is 26.2 Å². The molecule has 29 heavy (non-hydrogen) atoms. The van der Waals surface area contributed by atoms with Gasteiger partial charge in [0.15, 0.2) is 0 Å². The van der Waals surface area contributed by atoms with E-state index in [1.165, 1.54) is 23.5 Å². The Morgan fingerprint density at radius 2 is 1.79 bits per heavy atom. The third kappa shape index (κ3) is 7.83. The standard InChI is InChI=1S/C20H25F2NO4S2/c21-14-3-1-2-6-18(19-13-10-16(28-19)5-4-7-20(24)25)23-29(26,27)17-11-8-15(22)9-12-17/h8-13,18,23H,1-7,14H2,(H,24,25). The van der Waals surface area contributed by atoms with Crippen LogP contribution in [0.15, 0.2) is 41.3 Å². The highest BCUT2D eigenvalue weighted by atomic mass is 32.2. The van der Waals surface area contributed by atoms with E-state index >= 15 is 0 Å². The smallest absolute Gasteiger partial charge is 0.303 e. The first-order valence-electron chi connectivity index (χ1n) is 9.46. The van der Waals surface area contributed by atoms with Gasteiger partial charge in [-0.05, 0) is 62.1 Å². The van der Waals surface area contributed by atoms with Crippen LogP contribution in [-0.2, 0) is 21.2 Å². The summed E-state index contributed by atoms with van der Waals surface area (Å²) < 4.78 is 53.6. The number of aryl methyl sites for hydroxylation is 1. The first-order valence-corrected chi connectivity index (χ1v) is 11.8. The maximum absolute atomic E-state index is 13.1. The number of unbranched alkanes of at least 4 members (excludes halogenated alkanes) is 2. The summed E-state index contributed by atoms with van der Waals surface area (Å²) >= 11 is 1.44. The number of rotatable bonds is 13. The topological polar surface area (TPSA) is 83.5 Å². The van der Waals surface area contributed by atoms with Crippen LogP contribution in [0.1, 0.15) is 54.3 Å². The van der Waals surface area contributed by atoms with Gasteiger partial charge in [-0.3, -0.25) is 9.18 Å². The summed E-state index contributed by atoms with van der Waals surface area (Å²) in [5.41, 5.74) is 0. The summed E-state index contributed by atoms with van der Waals surface area (Å²) in [6.07, 6.45) is 3.46. The molecule has 2 rings (SSSR count). The van der Waals surface area contributed by atoms with Crippen molar-refractivity contribution < 1.29 is 27.1 Å². The first kappa shape index (κ1) is 23.4. The van der Waals surface area contributed by atoms with Gasteiger partial charge in [-0.25, -0.2) is 17.5 Å². The number of carboxylic acid groups (broad SMARTS) is 1. The number of alkyl halides is 1. The molecule has 0 bridgehead atoms. The van der Waals surface area contributed by atoms with Gasteiger partial charge in [0.2, 0.25) is 10.0 Å². The zero-order valence-corrected chi connectivity index (χ0v) is 17.6. The molecule has 0 aliphatic rings. The van der Waals surface area contributed by atoms with Crippen LogP contribution in [0.3, 0.4) is 0 Å². The summed E-state index contributed by atoms with van der Waals surface area (Å²) in [5, 5.41) is 8.76. The van der Waals surface area contributed by atoms with Gasteiger partial charge in [0.25, 0.3) is 0 Å². The molecular formula is C20H25F2NO4S2. The maximum atomic E-state index is 13.1. The second-order valence-electron chi connectivity index (χ2n) is 6.72. The van der Waals surface area contributed by atoms with E-state index in [0.29, 0.717) is 38.5 Å². The van der Waals surface area contributed by atoms with Gasteiger partial charge in [0, 0.05) is 16.2 Å². The summed E-state index contributed by atoms with van der Waals surface area (Å²) in [6, 6.07) is 7.85. The van der Waals surface area contributed by atoms with Gasteiger partial charge in [-0.15, -0.1) is 11.3 Å². The van der Waals surface area contributed by atoms with Gasteiger partial charge >= 0.3 is 5.97 Å². The lowest BCUT2D eigenvalue weighted by Crippen LogP contribution is -2.28. The Bertz CT molecular complexity index is 882. The highest BCUT2D eigenvalue weighted by Gasteiger charge is 2.22. The molecule has 0 radical (unpaired) electrons. The zero-order valence-electron chi connectivity index (χ0n) is 15.9. The maximum Gasteiger partial charge on any atom is 0.303 e. The van der Waals surface area contributed by atoms with E-state index in [1.54, 1.807) is 0 Å². The number of halogens is 2. The van der Waals surface area contributed by atoms with Crippen molar-refractivity contribution >= 4 is 27.3 Å². The third-order valence-corrected chi connectivity index (χ3v) is 7.13. The van der Waals surface area contributed by atoms with Crippen molar-refractivity contribution in [2.45, 2.75) is 55.9 Å². The van der Waals surface area contributed by atoms with Gasteiger partial charge in [-0.1, -0.05) is 12.8 Å². The number of thiophene rings is 1. The fourth-order valence-electron chi connectivity index (χ4n) is 2.88. The number of carboxylic acids is 1. The van der Waals surface area contributed by atoms with Crippen molar-refractivity contribution in [3.05, 3.63) is 52.0 Å². The van der Waals surface area contributed by atoms with E-state index in [4.69, 9.17) is 5.11 Å². The van der Waals surface area contributed by atoms with Crippen LogP contribution in [0.4, 0.5) is 8.78 Å². The van der Waals surface area contributed by atoms with Crippen LogP contribution in [0.2, 0.25) is 0 Å². The molecule has 0 amide bonds. The van der Waals surface area contributed by atoms with Crippen molar-refractivity contribution in [1.82, 2.24) is 4.72 Å². The van der Waals surface area contributed by atoms with Crippen LogP contribution >= 0.6 is 11.3 Å². The number of carbonyl (C=O) groups is 1. The minimum absolute atomic E-state index is 0.0223. The molecule has 0 saturated carbocycles. The monoisotopic (exact) mass is 445 g/mol. The molecule has 1 aromatic heterocycles. The van der Waals surface area contributed by atoms with Crippen LogP contribution < -0.4 is 4.72 Å². The molecule has 0 aliphatic heterocycles. The number of hydrogen-bond acceptors (Lipinski definition) is 4. The van der Waals surface area contributed by atoms with E-state index < -0.39 is 34.5 Å². The Morgan fingerprint density at radius 3 is 2.45 bits per heavy atom. The molecule has 1 unspecified atom stereocenters. The molecule has 5 nitrogen and oxygen atoms in total. The molecule has 2 N–H and O–H groups in total. The average Bonchev–Trinajstić information content (AvgIpc) is 3.13. The number of aliphatic carboxylic acids is 1. The van der Waals surface area contributed by atoms with Crippen molar-refractivity contribution in [2.24, 2.45) is 0 Å². The molecule has 1 aromatic carbocycles. The second kappa shape index (κ2) is 11.4. The average molecular weight is 446 g/mol. The summed E-state index contributed by atoms with van der Waals surface area (Å²) in [6.45, 7) is -0.404. The Balaban J connectivity index is 2.13. The predicted molar refractivity (Wildman–Crippen MR) is 109 cm³/mol. The quantitative estimate of drug-likeness (QED) is 0.432. The minimum atomic E-state index is -3.85. The van der Waals surface area contributed by atoms with Gasteiger partial charge < -0.3 is 5.11 Å². The van der Waals surface area contributed by atoms with E-state index in [9.17, 15) is 22.0 Å². The fourth-order valence-corrected chi connectivity index (χ4v) is 5.34. The highest BCUT2D eigenvalue weighted by molar-refractivity contribution is 7.89. The first-order chi connectivity index (χ1) is 13.8. The number of hydrogen-bond donors (Lipinski definition) is 2. The summed E-state index contributed by atoms with van der Waals surface area (Å²) in [7, 11) is -3.85. The Hall–Kier alpha value is -1.84. The third-order valence-electron chi connectivity index (χ3n) is 4.39. The fraction of sp³-hybridized carbons (Fsp3) is 0.450. The number of sulfonamides is 1. The van der Waals surface area contributed by atoms with E-state index in [1.807, 2.05) is 12.1 Å². The second-order valence-corrected chi connectivity index (χ2v) is 9.63. The molecule has 0 spiro atoms. The minimum Gasteiger partial charge on any atom is -0.481 e. The van der Waals surface area contributed by atoms with E-state index in [2.05, 4.69) is 4.72 Å². The van der Waals surface area contributed by atoms with E-state index in [-0.39, 0.29) is 11.3 Å². The lowest BCUT2D eigenvalue weighted by molar-refractivity contribution is -0.137. The molecule has 160 valence electrons. The predicted octanol–water partition coefficient (Wildman–Crippen LogP) is 4.84. The van der Waals surface area contributed by atoms with Crippen molar-refractivity contribution in [1.29, 1.82) is 0 Å². The molecule has 2 aromatic rings. The van der Waals surface area contributed by atoms with Gasteiger partial charge in [-0.2, -0.15) is 0 Å². The zero-order chi connectivity index (χ0) is 21.3. The molecule has 1 atom stereocenters. The van der Waals surface area contributed by atoms with Gasteiger partial charge in [0.1, 0.15) is 5.82 Å². The van der Waals surface area contributed by atoms with Crippen LogP contribution in [0.5, 0.6) is 0 Å². The molecule has 9 heteroatoms. The number of nitrogens with one attached hydrogen (secondary N) is 1. The molecule has 0 fully saturated rings. The largest absolute Gasteiger partial charge is 0.481 e. The SMILES string of the molecule is O=C(O)CCCc1ccc(C(CCCCCF)NS(=O)(=O)c2ccc(F)cc2)s1. The summed E-state index contributed by atoms with van der Waals surface area (Å²) in [4.78, 5) is 12.4. The van der Waals surface area contributed by atoms with E-state index in [0.717, 1.165) is 21.9 Å². The van der Waals surface area contributed by atoms with Crippen LogP contribution in [0.25, 0.3) is 0 Å². The molecular weight excluding hydrogens is 420 g/mol. The summed E-state index contributed by atoms with van der Waals surface area (Å²) in [5.74, 6) is -1.37. The lowest BCUT2D eigenvalue weighted by atomic mass is 10.1. The number of benzene rings is 1. The normalized spacial score (nSPS) is 12.8. The van der Waals surface area contributed by atoms with Crippen molar-refractivity contribution in [3.8, 4) is 0 Å². The lowest BCUT2D eigenvalue weighted by Gasteiger charge is -2.18. The Kier molecular flexibility index (Phi) is 9.19. The Labute approximate surface area is 173 Å². The highest BCUT2D eigenvalue weighted by Crippen LogP contribution is 2.30. The van der Waals surface area contributed by atoms with Crippen LogP contribution in [0, 0.1) is 5.82 Å². The molecule has 1 heterocycles. The molecule has 0 saturated heterocycles. The molecule has 0 aliphatic carbocycles.